The van der Waals surface area contributed by atoms with Crippen molar-refractivity contribution in [2.45, 2.75) is 23.8 Å². The number of carbonyl (C=O) groups excluding carboxylic acids is 1. The molecule has 2 aliphatic heterocycles. The fourth-order valence-electron chi connectivity index (χ4n) is 3.54. The average molecular weight is 437 g/mol. The number of sulfonamides is 1. The second-order valence-electron chi connectivity index (χ2n) is 7.11. The number of benzene rings is 1. The van der Waals surface area contributed by atoms with Crippen LogP contribution in [0, 0.1) is 0 Å². The van der Waals surface area contributed by atoms with Crippen LogP contribution in [0.3, 0.4) is 0 Å². The van der Waals surface area contributed by atoms with Gasteiger partial charge < -0.3 is 14.5 Å². The van der Waals surface area contributed by atoms with E-state index in [1.54, 1.807) is 34.6 Å². The second kappa shape index (κ2) is 8.78. The van der Waals surface area contributed by atoms with Gasteiger partial charge in [0, 0.05) is 56.5 Å². The third kappa shape index (κ3) is 4.77. The number of carbonyl (C=O) groups is 1. The van der Waals surface area contributed by atoms with Gasteiger partial charge >= 0.3 is 0 Å². The highest BCUT2D eigenvalue weighted by atomic mass is 32.2. The second-order valence-corrected chi connectivity index (χ2v) is 9.75. The van der Waals surface area contributed by atoms with Crippen LogP contribution in [0.2, 0.25) is 0 Å². The summed E-state index contributed by atoms with van der Waals surface area (Å²) < 4.78 is 33.3. The molecule has 4 rings (SSSR count). The lowest BCUT2D eigenvalue weighted by atomic mass is 10.2. The van der Waals surface area contributed by atoms with Gasteiger partial charge in [-0.1, -0.05) is 6.07 Å². The quantitative estimate of drug-likeness (QED) is 0.739. The van der Waals surface area contributed by atoms with Gasteiger partial charge in [-0.3, -0.25) is 4.79 Å². The fourth-order valence-corrected chi connectivity index (χ4v) is 5.35. The topological polar surface area (TPSA) is 91.8 Å². The molecule has 0 aliphatic carbocycles. The maximum atomic E-state index is 12.9. The molecule has 1 N–H and O–H groups in total. The number of nitrogens with zero attached hydrogens (tertiary/aromatic N) is 3. The number of anilines is 1. The van der Waals surface area contributed by atoms with Gasteiger partial charge in [-0.2, -0.15) is 0 Å². The molecule has 0 saturated carbocycles. The molecule has 2 aliphatic rings. The molecule has 0 radical (unpaired) electrons. The first-order valence-electron chi connectivity index (χ1n) is 9.68. The SMILES string of the molecule is O=C(c1cccc(S(=O)(=O)NCC2CCCO2)c1)N1CCN(c2nccs2)CC1. The van der Waals surface area contributed by atoms with Crippen molar-refractivity contribution in [3.05, 3.63) is 41.4 Å². The average Bonchev–Trinajstić information content (AvgIpc) is 3.46. The fraction of sp³-hybridized carbons (Fsp3) is 0.474. The Kier molecular flexibility index (Phi) is 6.14. The van der Waals surface area contributed by atoms with E-state index < -0.39 is 10.0 Å². The molecular weight excluding hydrogens is 412 g/mol. The van der Waals surface area contributed by atoms with Crippen molar-refractivity contribution in [3.8, 4) is 0 Å². The molecule has 1 amide bonds. The predicted molar refractivity (Wildman–Crippen MR) is 111 cm³/mol. The predicted octanol–water partition coefficient (Wildman–Crippen LogP) is 1.56. The van der Waals surface area contributed by atoms with Crippen LogP contribution in [-0.4, -0.2) is 69.6 Å². The van der Waals surface area contributed by atoms with E-state index in [4.69, 9.17) is 4.74 Å². The Morgan fingerprint density at radius 1 is 1.28 bits per heavy atom. The van der Waals surface area contributed by atoms with Crippen molar-refractivity contribution in [2.75, 3.05) is 44.2 Å². The smallest absolute Gasteiger partial charge is 0.254 e. The lowest BCUT2D eigenvalue weighted by Gasteiger charge is -2.34. The number of rotatable bonds is 6. The Bertz CT molecular complexity index is 935. The summed E-state index contributed by atoms with van der Waals surface area (Å²) in [5.41, 5.74) is 0.382. The molecule has 1 atom stereocenters. The molecule has 2 fully saturated rings. The summed E-state index contributed by atoms with van der Waals surface area (Å²) in [5, 5.41) is 2.90. The Morgan fingerprint density at radius 3 is 2.79 bits per heavy atom. The molecule has 0 spiro atoms. The highest BCUT2D eigenvalue weighted by Gasteiger charge is 2.25. The Hall–Kier alpha value is -2.01. The third-order valence-corrected chi connectivity index (χ3v) is 7.43. The number of thiazole rings is 1. The van der Waals surface area contributed by atoms with Crippen molar-refractivity contribution in [1.29, 1.82) is 0 Å². The first-order valence-corrected chi connectivity index (χ1v) is 12.0. The number of amides is 1. The van der Waals surface area contributed by atoms with Crippen LogP contribution in [-0.2, 0) is 14.8 Å². The molecular formula is C19H24N4O4S2. The Balaban J connectivity index is 1.39. The zero-order valence-electron chi connectivity index (χ0n) is 16.0. The van der Waals surface area contributed by atoms with Gasteiger partial charge in [0.05, 0.1) is 11.0 Å². The Labute approximate surface area is 174 Å². The molecule has 8 nitrogen and oxygen atoms in total. The van der Waals surface area contributed by atoms with E-state index in [2.05, 4.69) is 14.6 Å². The van der Waals surface area contributed by atoms with Crippen molar-refractivity contribution < 1.29 is 17.9 Å². The van der Waals surface area contributed by atoms with E-state index >= 15 is 0 Å². The van der Waals surface area contributed by atoms with Crippen LogP contribution in [0.4, 0.5) is 5.13 Å². The highest BCUT2D eigenvalue weighted by Crippen LogP contribution is 2.20. The Morgan fingerprint density at radius 2 is 2.10 bits per heavy atom. The summed E-state index contributed by atoms with van der Waals surface area (Å²) in [6, 6.07) is 6.23. The molecule has 0 bridgehead atoms. The van der Waals surface area contributed by atoms with E-state index in [9.17, 15) is 13.2 Å². The minimum absolute atomic E-state index is 0.0799. The van der Waals surface area contributed by atoms with Gasteiger partial charge in [0.1, 0.15) is 0 Å². The van der Waals surface area contributed by atoms with Crippen LogP contribution < -0.4 is 9.62 Å². The van der Waals surface area contributed by atoms with Gasteiger partial charge in [0.25, 0.3) is 5.91 Å². The van der Waals surface area contributed by atoms with Gasteiger partial charge in [-0.25, -0.2) is 18.1 Å². The van der Waals surface area contributed by atoms with Crippen molar-refractivity contribution in [2.24, 2.45) is 0 Å². The molecule has 1 aromatic heterocycles. The zero-order valence-corrected chi connectivity index (χ0v) is 17.6. The molecule has 1 aromatic carbocycles. The van der Waals surface area contributed by atoms with Crippen molar-refractivity contribution in [1.82, 2.24) is 14.6 Å². The summed E-state index contributed by atoms with van der Waals surface area (Å²) in [6.07, 6.45) is 3.50. The molecule has 10 heteroatoms. The van der Waals surface area contributed by atoms with Crippen LogP contribution in [0.15, 0.2) is 40.7 Å². The number of piperazine rings is 1. The molecule has 29 heavy (non-hydrogen) atoms. The van der Waals surface area contributed by atoms with Gasteiger partial charge in [-0.05, 0) is 31.0 Å². The van der Waals surface area contributed by atoms with Crippen LogP contribution in [0.5, 0.6) is 0 Å². The lowest BCUT2D eigenvalue weighted by Crippen LogP contribution is -2.48. The minimum Gasteiger partial charge on any atom is -0.377 e. The molecule has 156 valence electrons. The monoisotopic (exact) mass is 436 g/mol. The summed E-state index contributed by atoms with van der Waals surface area (Å²) in [6.45, 7) is 3.49. The van der Waals surface area contributed by atoms with E-state index in [0.29, 0.717) is 38.3 Å². The van der Waals surface area contributed by atoms with Crippen LogP contribution in [0.1, 0.15) is 23.2 Å². The van der Waals surface area contributed by atoms with E-state index in [-0.39, 0.29) is 23.5 Å². The number of ether oxygens (including phenoxy) is 1. The molecule has 2 saturated heterocycles. The van der Waals surface area contributed by atoms with Gasteiger partial charge in [-0.15, -0.1) is 11.3 Å². The van der Waals surface area contributed by atoms with E-state index in [0.717, 1.165) is 18.0 Å². The number of hydrogen-bond donors (Lipinski definition) is 1. The number of aromatic nitrogens is 1. The third-order valence-electron chi connectivity index (χ3n) is 5.17. The van der Waals surface area contributed by atoms with Gasteiger partial charge in [0.15, 0.2) is 5.13 Å². The van der Waals surface area contributed by atoms with Crippen LogP contribution >= 0.6 is 11.3 Å². The number of hydrogen-bond acceptors (Lipinski definition) is 7. The van der Waals surface area contributed by atoms with Crippen molar-refractivity contribution in [3.63, 3.8) is 0 Å². The summed E-state index contributed by atoms with van der Waals surface area (Å²) in [5.74, 6) is -0.153. The first-order chi connectivity index (χ1) is 14.0. The highest BCUT2D eigenvalue weighted by molar-refractivity contribution is 7.89. The minimum atomic E-state index is -3.69. The van der Waals surface area contributed by atoms with Gasteiger partial charge in [0.2, 0.25) is 10.0 Å². The standard InChI is InChI=1S/C19H24N4O4S2/c24-18(22-7-9-23(10-8-22)19-20-6-12-28-19)15-3-1-5-17(13-15)29(25,26)21-14-16-4-2-11-27-16/h1,3,5-6,12-13,16,21H,2,4,7-11,14H2. The maximum absolute atomic E-state index is 12.9. The normalized spacial score (nSPS) is 20.2. The van der Waals surface area contributed by atoms with E-state index in [1.165, 1.54) is 12.1 Å². The largest absolute Gasteiger partial charge is 0.377 e. The molecule has 2 aromatic rings. The summed E-state index contributed by atoms with van der Waals surface area (Å²) in [4.78, 5) is 21.2. The molecule has 1 unspecified atom stereocenters. The zero-order chi connectivity index (χ0) is 20.3. The first kappa shape index (κ1) is 20.3. The lowest BCUT2D eigenvalue weighted by molar-refractivity contribution is 0.0746. The van der Waals surface area contributed by atoms with Crippen molar-refractivity contribution >= 4 is 32.4 Å². The summed E-state index contributed by atoms with van der Waals surface area (Å²) in [7, 11) is -3.69. The molecule has 3 heterocycles. The van der Waals surface area contributed by atoms with E-state index in [1.807, 2.05) is 5.38 Å². The summed E-state index contributed by atoms with van der Waals surface area (Å²) >= 11 is 1.58. The van der Waals surface area contributed by atoms with Crippen LogP contribution in [0.25, 0.3) is 0 Å². The number of nitrogens with one attached hydrogen (secondary N) is 1. The maximum Gasteiger partial charge on any atom is 0.254 e.